The molecule has 1 heterocycles. The van der Waals surface area contributed by atoms with Crippen LogP contribution in [0.2, 0.25) is 10.0 Å². The number of β-lactam (4-membered cyclic amide) rings is 1. The van der Waals surface area contributed by atoms with Crippen molar-refractivity contribution in [2.24, 2.45) is 0 Å². The molecule has 1 aromatic carbocycles. The topological polar surface area (TPSA) is 95.0 Å². The second-order valence-corrected chi connectivity index (χ2v) is 8.37. The van der Waals surface area contributed by atoms with E-state index in [9.17, 15) is 18.0 Å². The van der Waals surface area contributed by atoms with Gasteiger partial charge in [0.05, 0.1) is 23.0 Å². The van der Waals surface area contributed by atoms with E-state index >= 15 is 0 Å². The Balaban J connectivity index is 2.02. The molecule has 2 rings (SSSR count). The molecular weight excluding hydrogens is 411 g/mol. The van der Waals surface area contributed by atoms with E-state index in [0.29, 0.717) is 15.6 Å². The summed E-state index contributed by atoms with van der Waals surface area (Å²) < 4.78 is 32.7. The summed E-state index contributed by atoms with van der Waals surface area (Å²) in [6.45, 7) is 1.51. The molecule has 1 saturated heterocycles. The van der Waals surface area contributed by atoms with Crippen molar-refractivity contribution in [1.82, 2.24) is 9.21 Å². The molecule has 0 bridgehead atoms. The molecule has 0 radical (unpaired) electrons. The number of carbonyl (C=O) groups is 2. The minimum Gasteiger partial charge on any atom is -0.319 e. The van der Waals surface area contributed by atoms with Gasteiger partial charge in [-0.2, -0.15) is 8.42 Å². The third-order valence-electron chi connectivity index (χ3n) is 3.87. The van der Waals surface area contributed by atoms with Crippen LogP contribution in [-0.2, 0) is 26.1 Å². The maximum absolute atomic E-state index is 12.3. The van der Waals surface area contributed by atoms with Crippen molar-refractivity contribution in [3.63, 3.8) is 0 Å². The molecule has 7 nitrogen and oxygen atoms in total. The predicted octanol–water partition coefficient (Wildman–Crippen LogP) is 2.04. The van der Waals surface area contributed by atoms with Crippen molar-refractivity contribution in [1.29, 1.82) is 0 Å². The number of halogens is 2. The van der Waals surface area contributed by atoms with Gasteiger partial charge in [-0.15, -0.1) is 0 Å². The van der Waals surface area contributed by atoms with Crippen LogP contribution in [0.15, 0.2) is 18.2 Å². The van der Waals surface area contributed by atoms with Gasteiger partial charge in [-0.1, -0.05) is 49.0 Å². The molecule has 0 aromatic heterocycles. The second-order valence-electron chi connectivity index (χ2n) is 5.55. The first-order chi connectivity index (χ1) is 11.6. The van der Waals surface area contributed by atoms with Gasteiger partial charge >= 0.3 is 0 Å². The molecule has 1 aliphatic rings. The van der Waals surface area contributed by atoms with Crippen LogP contribution >= 0.6 is 36.0 Å². The van der Waals surface area contributed by atoms with Gasteiger partial charge in [-0.3, -0.25) is 18.4 Å². The summed E-state index contributed by atoms with van der Waals surface area (Å²) in [5, 5.41) is -0.646. The zero-order chi connectivity index (χ0) is 18.9. The fourth-order valence-electron chi connectivity index (χ4n) is 2.55. The Morgan fingerprint density at radius 1 is 1.44 bits per heavy atom. The summed E-state index contributed by atoms with van der Waals surface area (Å²) in [6, 6.07) is 3.86. The summed E-state index contributed by atoms with van der Waals surface area (Å²) in [4.78, 5) is 25.5. The number of carbonyl (C=O) groups excluding carboxylic acids is 2. The Bertz CT molecular complexity index is 802. The van der Waals surface area contributed by atoms with Crippen molar-refractivity contribution in [2.45, 2.75) is 31.2 Å². The van der Waals surface area contributed by atoms with E-state index in [2.05, 4.69) is 12.8 Å². The third kappa shape index (κ3) is 4.40. The van der Waals surface area contributed by atoms with Crippen molar-refractivity contribution in [2.75, 3.05) is 6.54 Å². The summed E-state index contributed by atoms with van der Waals surface area (Å²) in [7, 11) is -4.39. The Morgan fingerprint density at radius 3 is 2.56 bits per heavy atom. The molecule has 138 valence electrons. The van der Waals surface area contributed by atoms with Crippen LogP contribution in [0.5, 0.6) is 0 Å². The highest BCUT2D eigenvalue weighted by Gasteiger charge is 2.47. The molecule has 0 saturated carbocycles. The van der Waals surface area contributed by atoms with Gasteiger partial charge in [0.1, 0.15) is 6.04 Å². The fraction of sp³-hybridized carbons (Fsp3) is 0.429. The quantitative estimate of drug-likeness (QED) is 0.412. The Labute approximate surface area is 161 Å². The van der Waals surface area contributed by atoms with Gasteiger partial charge in [-0.05, 0) is 24.1 Å². The van der Waals surface area contributed by atoms with E-state index < -0.39 is 33.3 Å². The average molecular weight is 427 g/mol. The van der Waals surface area contributed by atoms with E-state index in [4.69, 9.17) is 27.8 Å². The van der Waals surface area contributed by atoms with Crippen LogP contribution in [0, 0.1) is 0 Å². The Kier molecular flexibility index (Phi) is 6.26. The Hall–Kier alpha value is -1.00. The second kappa shape index (κ2) is 7.71. The zero-order valence-electron chi connectivity index (χ0n) is 13.1. The minimum atomic E-state index is -4.39. The molecule has 1 N–H and O–H groups in total. The van der Waals surface area contributed by atoms with Gasteiger partial charge in [0.15, 0.2) is 5.37 Å². The molecule has 2 unspecified atom stereocenters. The van der Waals surface area contributed by atoms with Gasteiger partial charge in [-0.25, -0.2) is 0 Å². The van der Waals surface area contributed by atoms with Crippen molar-refractivity contribution in [3.05, 3.63) is 33.8 Å². The number of amides is 2. The van der Waals surface area contributed by atoms with Gasteiger partial charge in [0.25, 0.3) is 10.1 Å². The largest absolute Gasteiger partial charge is 0.319 e. The van der Waals surface area contributed by atoms with Crippen LogP contribution < -0.4 is 0 Å². The third-order valence-corrected chi connectivity index (χ3v) is 6.38. The predicted molar refractivity (Wildman–Crippen MR) is 97.1 cm³/mol. The summed E-state index contributed by atoms with van der Waals surface area (Å²) >= 11 is 15.8. The van der Waals surface area contributed by atoms with Crippen molar-refractivity contribution in [3.8, 4) is 0 Å². The molecular formula is C14H16Cl2N2O5S2. The monoisotopic (exact) mass is 426 g/mol. The van der Waals surface area contributed by atoms with Crippen molar-refractivity contribution < 1.29 is 22.6 Å². The number of thiol groups is 1. The number of likely N-dealkylation sites (tertiary alicyclic amines) is 1. The van der Waals surface area contributed by atoms with Crippen LogP contribution in [0.1, 0.15) is 18.9 Å². The number of rotatable bonds is 6. The van der Waals surface area contributed by atoms with Crippen LogP contribution in [0.25, 0.3) is 0 Å². The smallest absolute Gasteiger partial charge is 0.286 e. The van der Waals surface area contributed by atoms with Crippen LogP contribution in [0.4, 0.5) is 0 Å². The molecule has 2 amide bonds. The first-order valence-corrected chi connectivity index (χ1v) is 9.93. The Morgan fingerprint density at radius 2 is 2.08 bits per heavy atom. The van der Waals surface area contributed by atoms with E-state index in [1.807, 2.05) is 0 Å². The lowest BCUT2D eigenvalue weighted by Gasteiger charge is -2.44. The van der Waals surface area contributed by atoms with Crippen LogP contribution in [0.3, 0.4) is 0 Å². The zero-order valence-corrected chi connectivity index (χ0v) is 16.3. The van der Waals surface area contributed by atoms with Crippen molar-refractivity contribution >= 4 is 57.9 Å². The normalized spacial score (nSPS) is 18.7. The van der Waals surface area contributed by atoms with E-state index in [0.717, 1.165) is 9.21 Å². The highest BCUT2D eigenvalue weighted by molar-refractivity contribution is 7.86. The number of hydrogen-bond acceptors (Lipinski definition) is 5. The van der Waals surface area contributed by atoms with E-state index in [1.54, 1.807) is 18.2 Å². The van der Waals surface area contributed by atoms with Gasteiger partial charge < -0.3 is 4.90 Å². The fourth-order valence-corrected chi connectivity index (χ4v) is 4.04. The summed E-state index contributed by atoms with van der Waals surface area (Å²) in [6.07, 6.45) is 0.000753. The molecule has 1 fully saturated rings. The maximum atomic E-state index is 12.3. The molecule has 0 spiro atoms. The standard InChI is InChI=1S/C14H16Cl2N2O5S2/c1-2-13(25(21,22)23)17-7-11(14(17)20)18(24)12(19)6-8-3-4-9(15)10(16)5-8/h3-5,11,13,24H,2,6-7H2,1H3,(H,21,22,23). The average Bonchev–Trinajstić information content (AvgIpc) is 2.52. The first kappa shape index (κ1) is 20.3. The van der Waals surface area contributed by atoms with E-state index in [1.165, 1.54) is 6.92 Å². The first-order valence-electron chi connectivity index (χ1n) is 7.28. The minimum absolute atomic E-state index is 0.0201. The van der Waals surface area contributed by atoms with Crippen LogP contribution in [-0.4, -0.2) is 52.0 Å². The summed E-state index contributed by atoms with van der Waals surface area (Å²) in [5.41, 5.74) is 0.603. The molecule has 25 heavy (non-hydrogen) atoms. The molecule has 2 atom stereocenters. The highest BCUT2D eigenvalue weighted by Crippen LogP contribution is 2.27. The maximum Gasteiger partial charge on any atom is 0.286 e. The van der Waals surface area contributed by atoms with E-state index in [-0.39, 0.29) is 19.4 Å². The molecule has 1 aliphatic heterocycles. The molecule has 11 heteroatoms. The lowest BCUT2D eigenvalue weighted by atomic mass is 10.1. The highest BCUT2D eigenvalue weighted by atomic mass is 35.5. The molecule has 0 aliphatic carbocycles. The lowest BCUT2D eigenvalue weighted by molar-refractivity contribution is -0.152. The summed E-state index contributed by atoms with van der Waals surface area (Å²) in [5.74, 6) is -1.03. The number of nitrogens with zero attached hydrogens (tertiary/aromatic N) is 2. The number of benzene rings is 1. The lowest BCUT2D eigenvalue weighted by Crippen LogP contribution is -2.66. The molecule has 1 aromatic rings. The van der Waals surface area contributed by atoms with Gasteiger partial charge in [0, 0.05) is 0 Å². The number of hydrogen-bond donors (Lipinski definition) is 2. The SMILES string of the molecule is CCC(N1CC(N(S)C(=O)Cc2ccc(Cl)c(Cl)c2)C1=O)S(=O)(=O)O. The van der Waals surface area contributed by atoms with Gasteiger partial charge in [0.2, 0.25) is 11.8 Å².